The topological polar surface area (TPSA) is 90.0 Å². The second-order valence-electron chi connectivity index (χ2n) is 12.1. The number of carbonyl (C=O) groups is 4. The van der Waals surface area contributed by atoms with Crippen LogP contribution in [-0.2, 0) is 14.4 Å². The van der Waals surface area contributed by atoms with Crippen LogP contribution in [0.25, 0.3) is 0 Å². The van der Waals surface area contributed by atoms with Crippen LogP contribution in [0.5, 0.6) is 0 Å². The summed E-state index contributed by atoms with van der Waals surface area (Å²) in [4.78, 5) is 60.1. The van der Waals surface area contributed by atoms with Crippen molar-refractivity contribution in [1.29, 1.82) is 0 Å². The number of amides is 3. The Balaban J connectivity index is 1.35. The number of rotatable bonds is 9. The van der Waals surface area contributed by atoms with E-state index in [0.717, 1.165) is 16.8 Å². The lowest BCUT2D eigenvalue weighted by atomic mass is 9.89. The van der Waals surface area contributed by atoms with Gasteiger partial charge in [-0.2, -0.15) is 0 Å². The zero-order chi connectivity index (χ0) is 30.7. The van der Waals surface area contributed by atoms with Crippen LogP contribution in [0.15, 0.2) is 84.9 Å². The number of nitrogens with zero attached hydrogens (tertiary/aromatic N) is 3. The van der Waals surface area contributed by atoms with Crippen molar-refractivity contribution in [2.24, 2.45) is 5.92 Å². The van der Waals surface area contributed by atoms with Gasteiger partial charge in [0.25, 0.3) is 5.91 Å². The standard InChI is InChI=1S/C35H40N4O4/c1-23(2)21-28(36-33(41)26-15-17-27(18-16-26)37(3)4)34(42)38-20-19-29-32(38)30(40)22-39(29)35(43)31(24-11-7-5-8-12-24)25-13-9-6-10-14-25/h5-18,23,28-29,31-32H,19-22H2,1-4H3,(H,36,41)/t28-,29+,32?/m0/s1. The fourth-order valence-corrected chi connectivity index (χ4v) is 6.34. The minimum atomic E-state index is -0.779. The van der Waals surface area contributed by atoms with Gasteiger partial charge in [0.1, 0.15) is 12.1 Å². The van der Waals surface area contributed by atoms with Gasteiger partial charge in [-0.3, -0.25) is 19.2 Å². The van der Waals surface area contributed by atoms with Gasteiger partial charge in [-0.25, -0.2) is 0 Å². The first-order chi connectivity index (χ1) is 20.7. The van der Waals surface area contributed by atoms with Gasteiger partial charge in [-0.05, 0) is 54.2 Å². The van der Waals surface area contributed by atoms with Crippen LogP contribution in [0, 0.1) is 5.92 Å². The summed E-state index contributed by atoms with van der Waals surface area (Å²) < 4.78 is 0. The van der Waals surface area contributed by atoms with Gasteiger partial charge in [0.05, 0.1) is 18.5 Å². The molecule has 1 unspecified atom stereocenters. The van der Waals surface area contributed by atoms with E-state index in [0.29, 0.717) is 24.9 Å². The average Bonchev–Trinajstić information content (AvgIpc) is 3.58. The molecule has 5 rings (SSSR count). The molecule has 3 amide bonds. The van der Waals surface area contributed by atoms with Crippen LogP contribution >= 0.6 is 0 Å². The predicted molar refractivity (Wildman–Crippen MR) is 167 cm³/mol. The monoisotopic (exact) mass is 580 g/mol. The van der Waals surface area contributed by atoms with Crippen molar-refractivity contribution in [3.8, 4) is 0 Å². The van der Waals surface area contributed by atoms with Crippen molar-refractivity contribution in [1.82, 2.24) is 15.1 Å². The second kappa shape index (κ2) is 12.8. The van der Waals surface area contributed by atoms with Crippen LogP contribution in [0.2, 0.25) is 0 Å². The summed E-state index contributed by atoms with van der Waals surface area (Å²) in [7, 11) is 3.86. The summed E-state index contributed by atoms with van der Waals surface area (Å²) in [6, 6.07) is 24.5. The van der Waals surface area contributed by atoms with Crippen molar-refractivity contribution < 1.29 is 19.2 Å². The molecule has 43 heavy (non-hydrogen) atoms. The highest BCUT2D eigenvalue weighted by molar-refractivity contribution is 6.02. The Morgan fingerprint density at radius 1 is 0.837 bits per heavy atom. The Morgan fingerprint density at radius 2 is 1.42 bits per heavy atom. The summed E-state index contributed by atoms with van der Waals surface area (Å²) >= 11 is 0. The molecule has 0 aromatic heterocycles. The van der Waals surface area contributed by atoms with E-state index < -0.39 is 24.0 Å². The third-order valence-electron chi connectivity index (χ3n) is 8.46. The quantitative estimate of drug-likeness (QED) is 0.412. The first-order valence-electron chi connectivity index (χ1n) is 15.0. The summed E-state index contributed by atoms with van der Waals surface area (Å²) in [5, 5.41) is 2.94. The van der Waals surface area contributed by atoms with E-state index in [9.17, 15) is 19.2 Å². The summed E-state index contributed by atoms with van der Waals surface area (Å²) in [6.45, 7) is 4.32. The number of likely N-dealkylation sites (tertiary alicyclic amines) is 2. The SMILES string of the molecule is CC(C)C[C@H](NC(=O)c1ccc(N(C)C)cc1)C(=O)N1CC[C@@H]2C1C(=O)CN2C(=O)C(c1ccccc1)c1ccccc1. The van der Waals surface area contributed by atoms with Crippen molar-refractivity contribution >= 4 is 29.2 Å². The van der Waals surface area contributed by atoms with Crippen LogP contribution in [0.3, 0.4) is 0 Å². The molecule has 3 atom stereocenters. The van der Waals surface area contributed by atoms with Gasteiger partial charge in [0.2, 0.25) is 11.8 Å². The number of ketones is 1. The molecule has 8 nitrogen and oxygen atoms in total. The smallest absolute Gasteiger partial charge is 0.251 e. The number of hydrogen-bond acceptors (Lipinski definition) is 5. The fraction of sp³-hybridized carbons (Fsp3) is 0.371. The number of nitrogens with one attached hydrogen (secondary N) is 1. The van der Waals surface area contributed by atoms with E-state index in [1.54, 1.807) is 21.9 Å². The molecule has 2 aliphatic rings. The van der Waals surface area contributed by atoms with Crippen LogP contribution in [-0.4, -0.2) is 78.6 Å². The molecule has 224 valence electrons. The molecular formula is C35H40N4O4. The predicted octanol–water partition coefficient (Wildman–Crippen LogP) is 4.11. The van der Waals surface area contributed by atoms with Crippen LogP contribution < -0.4 is 10.2 Å². The van der Waals surface area contributed by atoms with E-state index in [-0.39, 0.29) is 36.0 Å². The molecule has 2 fully saturated rings. The van der Waals surface area contributed by atoms with Crippen molar-refractivity contribution in [3.63, 3.8) is 0 Å². The number of carbonyl (C=O) groups excluding carboxylic acids is 4. The van der Waals surface area contributed by atoms with E-state index in [1.165, 1.54) is 0 Å². The molecule has 2 heterocycles. The number of Topliss-reactive ketones (excluding diaryl/α,β-unsaturated/α-hetero) is 1. The Hall–Kier alpha value is -4.46. The van der Waals surface area contributed by atoms with Gasteiger partial charge < -0.3 is 20.0 Å². The maximum Gasteiger partial charge on any atom is 0.251 e. The second-order valence-corrected chi connectivity index (χ2v) is 12.1. The number of anilines is 1. The first-order valence-corrected chi connectivity index (χ1v) is 15.0. The number of fused-ring (bicyclic) bond motifs is 1. The third kappa shape index (κ3) is 6.33. The lowest BCUT2D eigenvalue weighted by molar-refractivity contribution is -0.138. The lowest BCUT2D eigenvalue weighted by Gasteiger charge is -2.30. The first kappa shape index (κ1) is 30.0. The van der Waals surface area contributed by atoms with Gasteiger partial charge in [0.15, 0.2) is 5.78 Å². The van der Waals surface area contributed by atoms with Crippen LogP contribution in [0.1, 0.15) is 54.1 Å². The Labute approximate surface area is 253 Å². The highest BCUT2D eigenvalue weighted by atomic mass is 16.2. The molecule has 1 N–H and O–H groups in total. The largest absolute Gasteiger partial charge is 0.378 e. The number of benzene rings is 3. The van der Waals surface area contributed by atoms with Gasteiger partial charge >= 0.3 is 0 Å². The molecule has 3 aromatic rings. The zero-order valence-electron chi connectivity index (χ0n) is 25.3. The van der Waals surface area contributed by atoms with E-state index in [2.05, 4.69) is 5.32 Å². The fourth-order valence-electron chi connectivity index (χ4n) is 6.34. The molecule has 0 saturated carbocycles. The summed E-state index contributed by atoms with van der Waals surface area (Å²) in [6.07, 6.45) is 0.952. The maximum absolute atomic E-state index is 14.2. The Morgan fingerprint density at radius 3 is 1.95 bits per heavy atom. The van der Waals surface area contributed by atoms with E-state index in [4.69, 9.17) is 0 Å². The Kier molecular flexibility index (Phi) is 8.94. The molecule has 2 aliphatic heterocycles. The third-order valence-corrected chi connectivity index (χ3v) is 8.46. The molecule has 0 aliphatic carbocycles. The lowest BCUT2D eigenvalue weighted by Crippen LogP contribution is -2.53. The zero-order valence-corrected chi connectivity index (χ0v) is 25.3. The molecule has 0 spiro atoms. The molecule has 3 aromatic carbocycles. The highest BCUT2D eigenvalue weighted by Gasteiger charge is 2.53. The van der Waals surface area contributed by atoms with E-state index in [1.807, 2.05) is 106 Å². The number of hydrogen-bond donors (Lipinski definition) is 1. The van der Waals surface area contributed by atoms with Crippen molar-refractivity contribution in [2.75, 3.05) is 32.1 Å². The van der Waals surface area contributed by atoms with Crippen molar-refractivity contribution in [3.05, 3.63) is 102 Å². The maximum atomic E-state index is 14.2. The molecule has 0 bridgehead atoms. The van der Waals surface area contributed by atoms with Gasteiger partial charge in [0, 0.05) is 31.9 Å². The Bertz CT molecular complexity index is 1420. The average molecular weight is 581 g/mol. The van der Waals surface area contributed by atoms with Crippen LogP contribution in [0.4, 0.5) is 5.69 Å². The van der Waals surface area contributed by atoms with Crippen molar-refractivity contribution in [2.45, 2.75) is 50.7 Å². The van der Waals surface area contributed by atoms with E-state index >= 15 is 0 Å². The molecule has 8 heteroatoms. The molecule has 2 saturated heterocycles. The normalized spacial score (nSPS) is 18.6. The summed E-state index contributed by atoms with van der Waals surface area (Å²) in [5.41, 5.74) is 3.15. The van der Waals surface area contributed by atoms with Gasteiger partial charge in [-0.1, -0.05) is 74.5 Å². The minimum Gasteiger partial charge on any atom is -0.378 e. The molecular weight excluding hydrogens is 540 g/mol. The molecule has 0 radical (unpaired) electrons. The highest BCUT2D eigenvalue weighted by Crippen LogP contribution is 2.35. The minimum absolute atomic E-state index is 0.0342. The summed E-state index contributed by atoms with van der Waals surface area (Å²) in [5.74, 6) is -1.30. The van der Waals surface area contributed by atoms with Gasteiger partial charge in [-0.15, -0.1) is 0 Å².